The van der Waals surface area contributed by atoms with Crippen LogP contribution in [0.1, 0.15) is 12.8 Å². The second-order valence-electron chi connectivity index (χ2n) is 4.39. The van der Waals surface area contributed by atoms with Crippen molar-refractivity contribution in [2.75, 3.05) is 19.0 Å². The first-order chi connectivity index (χ1) is 9.13. The molecule has 2 atom stereocenters. The van der Waals surface area contributed by atoms with Crippen molar-refractivity contribution in [1.82, 2.24) is 0 Å². The minimum Gasteiger partial charge on any atom is -0.497 e. The van der Waals surface area contributed by atoms with Gasteiger partial charge in [0.1, 0.15) is 11.9 Å². The van der Waals surface area contributed by atoms with Gasteiger partial charge in [0.2, 0.25) is 0 Å². The van der Waals surface area contributed by atoms with Crippen LogP contribution in [0.15, 0.2) is 22.7 Å². The first-order valence-corrected chi connectivity index (χ1v) is 6.93. The summed E-state index contributed by atoms with van der Waals surface area (Å²) in [4.78, 5) is 12.1. The molecule has 1 aliphatic heterocycles. The lowest BCUT2D eigenvalue weighted by Gasteiger charge is -2.14. The standard InChI is InChI=1S/C13H17BrN2O3.ClH/c1-18-8-2-4-10(14)11(6-8)16-13(17)12-5-3-9(7-15)19-12;/h2,4,6,9,12H,3,5,7,15H2,1H3,(H,16,17);1H/t9-,12+;/m1./s1. The lowest BCUT2D eigenvalue weighted by molar-refractivity contribution is -0.126. The number of carbonyl (C=O) groups is 1. The summed E-state index contributed by atoms with van der Waals surface area (Å²) in [7, 11) is 1.58. The normalized spacial score (nSPS) is 21.1. The van der Waals surface area contributed by atoms with E-state index in [2.05, 4.69) is 21.2 Å². The fourth-order valence-corrected chi connectivity index (χ4v) is 2.36. The first kappa shape index (κ1) is 17.2. The second-order valence-corrected chi connectivity index (χ2v) is 5.25. The van der Waals surface area contributed by atoms with Crippen LogP contribution in [0.25, 0.3) is 0 Å². The monoisotopic (exact) mass is 364 g/mol. The van der Waals surface area contributed by atoms with Gasteiger partial charge in [-0.25, -0.2) is 0 Å². The summed E-state index contributed by atoms with van der Waals surface area (Å²) in [5.74, 6) is 0.538. The van der Waals surface area contributed by atoms with E-state index in [0.717, 1.165) is 10.9 Å². The highest BCUT2D eigenvalue weighted by Gasteiger charge is 2.30. The van der Waals surface area contributed by atoms with Crippen LogP contribution < -0.4 is 15.8 Å². The second kappa shape index (κ2) is 7.83. The number of benzene rings is 1. The van der Waals surface area contributed by atoms with Crippen LogP contribution in [0.3, 0.4) is 0 Å². The molecule has 1 aromatic rings. The van der Waals surface area contributed by atoms with E-state index in [-0.39, 0.29) is 24.4 Å². The van der Waals surface area contributed by atoms with Gasteiger partial charge in [-0.15, -0.1) is 12.4 Å². The summed E-state index contributed by atoms with van der Waals surface area (Å²) in [6, 6.07) is 5.40. The molecule has 0 radical (unpaired) electrons. The van der Waals surface area contributed by atoms with Crippen molar-refractivity contribution in [1.29, 1.82) is 0 Å². The van der Waals surface area contributed by atoms with Crippen molar-refractivity contribution in [3.8, 4) is 5.75 Å². The molecule has 1 fully saturated rings. The first-order valence-electron chi connectivity index (χ1n) is 6.14. The van der Waals surface area contributed by atoms with Gasteiger partial charge in [0.15, 0.2) is 0 Å². The van der Waals surface area contributed by atoms with E-state index in [9.17, 15) is 4.79 Å². The summed E-state index contributed by atoms with van der Waals surface area (Å²) in [5.41, 5.74) is 6.20. The molecule has 7 heteroatoms. The highest BCUT2D eigenvalue weighted by molar-refractivity contribution is 9.10. The molecular weight excluding hydrogens is 348 g/mol. The van der Waals surface area contributed by atoms with E-state index in [1.165, 1.54) is 0 Å². The van der Waals surface area contributed by atoms with Crippen LogP contribution in [0.2, 0.25) is 0 Å². The zero-order chi connectivity index (χ0) is 13.8. The number of amides is 1. The molecule has 1 aliphatic rings. The van der Waals surface area contributed by atoms with E-state index in [0.29, 0.717) is 24.4 Å². The molecule has 1 aromatic carbocycles. The Kier molecular flexibility index (Phi) is 6.75. The predicted molar refractivity (Wildman–Crippen MR) is 83.5 cm³/mol. The van der Waals surface area contributed by atoms with Gasteiger partial charge >= 0.3 is 0 Å². The third kappa shape index (κ3) is 4.09. The number of halogens is 2. The summed E-state index contributed by atoms with van der Waals surface area (Å²) in [5, 5.41) is 2.84. The van der Waals surface area contributed by atoms with Crippen LogP contribution in [0.4, 0.5) is 5.69 Å². The van der Waals surface area contributed by atoms with Crippen molar-refractivity contribution >= 4 is 39.9 Å². The van der Waals surface area contributed by atoms with Crippen LogP contribution in [0.5, 0.6) is 5.75 Å². The number of rotatable bonds is 4. The number of ether oxygens (including phenoxy) is 2. The zero-order valence-electron chi connectivity index (χ0n) is 11.1. The Bertz CT molecular complexity index is 473. The maximum Gasteiger partial charge on any atom is 0.253 e. The Hall–Kier alpha value is -0.820. The molecule has 20 heavy (non-hydrogen) atoms. The average molecular weight is 366 g/mol. The number of anilines is 1. The number of hydrogen-bond acceptors (Lipinski definition) is 4. The van der Waals surface area contributed by atoms with E-state index in [4.69, 9.17) is 15.2 Å². The zero-order valence-corrected chi connectivity index (χ0v) is 13.5. The minimum atomic E-state index is -0.424. The average Bonchev–Trinajstić information content (AvgIpc) is 2.90. The van der Waals surface area contributed by atoms with E-state index in [1.807, 2.05) is 12.1 Å². The molecule has 0 bridgehead atoms. The molecule has 1 heterocycles. The van der Waals surface area contributed by atoms with Gasteiger partial charge < -0.3 is 20.5 Å². The highest BCUT2D eigenvalue weighted by atomic mass is 79.9. The SMILES string of the molecule is COc1ccc(Br)c(NC(=O)[C@@H]2CC[C@H](CN)O2)c1.Cl. The number of nitrogens with one attached hydrogen (secondary N) is 1. The van der Waals surface area contributed by atoms with Gasteiger partial charge in [-0.05, 0) is 40.9 Å². The molecule has 5 nitrogen and oxygen atoms in total. The molecule has 0 aromatic heterocycles. The van der Waals surface area contributed by atoms with Crippen LogP contribution >= 0.6 is 28.3 Å². The Balaban J connectivity index is 0.00000200. The molecule has 0 aliphatic carbocycles. The lowest BCUT2D eigenvalue weighted by atomic mass is 10.2. The number of nitrogens with two attached hydrogens (primary N) is 1. The van der Waals surface area contributed by atoms with E-state index < -0.39 is 6.10 Å². The maximum absolute atomic E-state index is 12.1. The van der Waals surface area contributed by atoms with E-state index >= 15 is 0 Å². The van der Waals surface area contributed by atoms with Crippen molar-refractivity contribution in [2.24, 2.45) is 5.73 Å². The van der Waals surface area contributed by atoms with Crippen molar-refractivity contribution in [2.45, 2.75) is 25.0 Å². The minimum absolute atomic E-state index is 0. The highest BCUT2D eigenvalue weighted by Crippen LogP contribution is 2.28. The van der Waals surface area contributed by atoms with Gasteiger partial charge in [-0.1, -0.05) is 0 Å². The molecular formula is C13H18BrClN2O3. The van der Waals surface area contributed by atoms with Crippen LogP contribution in [-0.4, -0.2) is 31.8 Å². The van der Waals surface area contributed by atoms with Crippen LogP contribution in [-0.2, 0) is 9.53 Å². The maximum atomic E-state index is 12.1. The third-order valence-electron chi connectivity index (χ3n) is 3.09. The quantitative estimate of drug-likeness (QED) is 0.859. The van der Waals surface area contributed by atoms with Crippen LogP contribution in [0, 0.1) is 0 Å². The van der Waals surface area contributed by atoms with Gasteiger partial charge in [0.05, 0.1) is 18.9 Å². The Morgan fingerprint density at radius 2 is 2.30 bits per heavy atom. The molecule has 2 rings (SSSR count). The third-order valence-corrected chi connectivity index (χ3v) is 3.79. The van der Waals surface area contributed by atoms with Gasteiger partial charge in [0.25, 0.3) is 5.91 Å². The Labute approximate surface area is 132 Å². The summed E-state index contributed by atoms with van der Waals surface area (Å²) >= 11 is 3.39. The van der Waals surface area contributed by atoms with Crippen molar-refractivity contribution < 1.29 is 14.3 Å². The largest absolute Gasteiger partial charge is 0.497 e. The number of methoxy groups -OCH3 is 1. The Morgan fingerprint density at radius 1 is 1.55 bits per heavy atom. The summed E-state index contributed by atoms with van der Waals surface area (Å²) in [6.07, 6.45) is 1.10. The van der Waals surface area contributed by atoms with Gasteiger partial charge in [-0.3, -0.25) is 4.79 Å². The molecule has 0 spiro atoms. The van der Waals surface area contributed by atoms with Crippen molar-refractivity contribution in [3.05, 3.63) is 22.7 Å². The lowest BCUT2D eigenvalue weighted by Crippen LogP contribution is -2.29. The van der Waals surface area contributed by atoms with Crippen molar-refractivity contribution in [3.63, 3.8) is 0 Å². The number of hydrogen-bond donors (Lipinski definition) is 2. The predicted octanol–water partition coefficient (Wildman–Crippen LogP) is 2.32. The molecule has 0 unspecified atom stereocenters. The van der Waals surface area contributed by atoms with Gasteiger partial charge in [-0.2, -0.15) is 0 Å². The molecule has 1 amide bonds. The van der Waals surface area contributed by atoms with Gasteiger partial charge in [0, 0.05) is 17.1 Å². The molecule has 3 N–H and O–H groups in total. The smallest absolute Gasteiger partial charge is 0.253 e. The molecule has 0 saturated carbocycles. The molecule has 112 valence electrons. The fraction of sp³-hybridized carbons (Fsp3) is 0.462. The summed E-state index contributed by atoms with van der Waals surface area (Å²) < 4.78 is 11.5. The topological polar surface area (TPSA) is 73.6 Å². The van der Waals surface area contributed by atoms with E-state index in [1.54, 1.807) is 13.2 Å². The fourth-order valence-electron chi connectivity index (χ4n) is 2.01. The molecule has 1 saturated heterocycles. The summed E-state index contributed by atoms with van der Waals surface area (Å²) in [6.45, 7) is 0.451. The Morgan fingerprint density at radius 3 is 2.90 bits per heavy atom. The number of carbonyl (C=O) groups excluding carboxylic acids is 1.